The predicted molar refractivity (Wildman–Crippen MR) is 95.2 cm³/mol. The number of aliphatic hydroxyl groups is 1. The van der Waals surface area contributed by atoms with Crippen molar-refractivity contribution in [1.29, 1.82) is 0 Å². The highest BCUT2D eigenvalue weighted by molar-refractivity contribution is 5.74. The van der Waals surface area contributed by atoms with Crippen LogP contribution in [-0.2, 0) is 6.42 Å². The number of hydrogen-bond acceptors (Lipinski definition) is 3. The Kier molecular flexibility index (Phi) is 6.49. The van der Waals surface area contributed by atoms with Gasteiger partial charge in [0.2, 0.25) is 0 Å². The third kappa shape index (κ3) is 4.63. The molecule has 0 spiro atoms. The van der Waals surface area contributed by atoms with Gasteiger partial charge in [-0.25, -0.2) is 4.79 Å². The number of β-amino-alcohol motifs (C(OH)–C–C–N with tert-alkyl or cyclic N) is 1. The molecule has 0 bridgehead atoms. The number of aliphatic hydroxyl groups excluding tert-OH is 1. The Balaban J connectivity index is 2.02. The fourth-order valence-electron chi connectivity index (χ4n) is 3.05. The lowest BCUT2D eigenvalue weighted by Crippen LogP contribution is -2.53. The molecule has 5 nitrogen and oxygen atoms in total. The van der Waals surface area contributed by atoms with Crippen molar-refractivity contribution >= 4 is 6.03 Å². The Morgan fingerprint density at radius 1 is 1.42 bits per heavy atom. The zero-order chi connectivity index (χ0) is 17.7. The van der Waals surface area contributed by atoms with Gasteiger partial charge in [0, 0.05) is 19.1 Å². The number of carbonyl (C=O) groups is 1. The van der Waals surface area contributed by atoms with E-state index in [9.17, 15) is 9.90 Å². The number of rotatable bonds is 5. The first-order valence-electron chi connectivity index (χ1n) is 8.77. The number of carbonyl (C=O) groups excluding carboxylic acids is 1. The minimum absolute atomic E-state index is 0.0188. The van der Waals surface area contributed by atoms with E-state index in [2.05, 4.69) is 19.2 Å². The SMILES string of the molecule is COc1ccccc1CC(NC(=O)N1CCC(C)C(O)C1)C(C)C. The van der Waals surface area contributed by atoms with E-state index in [-0.39, 0.29) is 18.0 Å². The second-order valence-corrected chi connectivity index (χ2v) is 7.10. The number of amides is 2. The summed E-state index contributed by atoms with van der Waals surface area (Å²) >= 11 is 0. The summed E-state index contributed by atoms with van der Waals surface area (Å²) in [6.07, 6.45) is 1.13. The standard InChI is InChI=1S/C19H30N2O3/c1-13(2)16(11-15-7-5-6-8-18(15)24-4)20-19(23)21-10-9-14(3)17(22)12-21/h5-8,13-14,16-17,22H,9-12H2,1-4H3,(H,20,23). The third-order valence-electron chi connectivity index (χ3n) is 4.95. The quantitative estimate of drug-likeness (QED) is 0.870. The molecule has 1 aromatic carbocycles. The lowest BCUT2D eigenvalue weighted by Gasteiger charge is -2.35. The molecule has 2 N–H and O–H groups in total. The first kappa shape index (κ1) is 18.6. The molecule has 3 unspecified atom stereocenters. The summed E-state index contributed by atoms with van der Waals surface area (Å²) in [7, 11) is 1.66. The van der Waals surface area contributed by atoms with E-state index < -0.39 is 6.10 Å². The van der Waals surface area contributed by atoms with Gasteiger partial charge in [-0.1, -0.05) is 39.0 Å². The van der Waals surface area contributed by atoms with E-state index in [1.54, 1.807) is 12.0 Å². The van der Waals surface area contributed by atoms with Crippen LogP contribution in [0.15, 0.2) is 24.3 Å². The van der Waals surface area contributed by atoms with E-state index in [0.717, 1.165) is 24.2 Å². The van der Waals surface area contributed by atoms with Crippen molar-refractivity contribution in [3.63, 3.8) is 0 Å². The Bertz CT molecular complexity index is 547. The second-order valence-electron chi connectivity index (χ2n) is 7.10. The molecule has 1 saturated heterocycles. The average Bonchev–Trinajstić information content (AvgIpc) is 2.56. The Morgan fingerprint density at radius 2 is 2.12 bits per heavy atom. The minimum atomic E-state index is -0.434. The Morgan fingerprint density at radius 3 is 2.75 bits per heavy atom. The van der Waals surface area contributed by atoms with Crippen LogP contribution in [0.1, 0.15) is 32.8 Å². The van der Waals surface area contributed by atoms with Gasteiger partial charge in [0.1, 0.15) is 5.75 Å². The van der Waals surface area contributed by atoms with Gasteiger partial charge >= 0.3 is 6.03 Å². The van der Waals surface area contributed by atoms with Gasteiger partial charge in [0.05, 0.1) is 13.2 Å². The number of methoxy groups -OCH3 is 1. The van der Waals surface area contributed by atoms with Gasteiger partial charge in [-0.2, -0.15) is 0 Å². The third-order valence-corrected chi connectivity index (χ3v) is 4.95. The van der Waals surface area contributed by atoms with E-state index in [1.165, 1.54) is 0 Å². The molecule has 1 heterocycles. The highest BCUT2D eigenvalue weighted by atomic mass is 16.5. The Hall–Kier alpha value is -1.75. The van der Waals surface area contributed by atoms with Crippen LogP contribution < -0.4 is 10.1 Å². The van der Waals surface area contributed by atoms with Crippen LogP contribution in [0, 0.1) is 11.8 Å². The molecule has 1 aliphatic heterocycles. The van der Waals surface area contributed by atoms with Gasteiger partial charge in [0.15, 0.2) is 0 Å². The van der Waals surface area contributed by atoms with Crippen molar-refractivity contribution in [3.8, 4) is 5.75 Å². The number of benzene rings is 1. The van der Waals surface area contributed by atoms with Gasteiger partial charge in [-0.3, -0.25) is 0 Å². The van der Waals surface area contributed by atoms with Gasteiger partial charge in [0.25, 0.3) is 0 Å². The maximum absolute atomic E-state index is 12.6. The summed E-state index contributed by atoms with van der Waals surface area (Å²) in [5.41, 5.74) is 1.09. The molecule has 134 valence electrons. The molecule has 3 atom stereocenters. The van der Waals surface area contributed by atoms with Gasteiger partial charge in [-0.15, -0.1) is 0 Å². The summed E-state index contributed by atoms with van der Waals surface area (Å²) in [5, 5.41) is 13.1. The minimum Gasteiger partial charge on any atom is -0.496 e. The summed E-state index contributed by atoms with van der Waals surface area (Å²) in [5.74, 6) is 1.40. The number of nitrogens with one attached hydrogen (secondary N) is 1. The fourth-order valence-corrected chi connectivity index (χ4v) is 3.05. The molecular formula is C19H30N2O3. The largest absolute Gasteiger partial charge is 0.496 e. The zero-order valence-corrected chi connectivity index (χ0v) is 15.2. The van der Waals surface area contributed by atoms with Crippen molar-refractivity contribution in [2.45, 2.75) is 45.8 Å². The van der Waals surface area contributed by atoms with Crippen molar-refractivity contribution < 1.29 is 14.6 Å². The monoisotopic (exact) mass is 334 g/mol. The molecular weight excluding hydrogens is 304 g/mol. The number of nitrogens with zero attached hydrogens (tertiary/aromatic N) is 1. The number of likely N-dealkylation sites (tertiary alicyclic amines) is 1. The molecule has 2 rings (SSSR count). The van der Waals surface area contributed by atoms with Crippen LogP contribution in [-0.4, -0.2) is 48.4 Å². The molecule has 0 aromatic heterocycles. The molecule has 24 heavy (non-hydrogen) atoms. The highest BCUT2D eigenvalue weighted by Gasteiger charge is 2.29. The molecule has 0 radical (unpaired) electrons. The van der Waals surface area contributed by atoms with E-state index in [1.807, 2.05) is 31.2 Å². The summed E-state index contributed by atoms with van der Waals surface area (Å²) in [4.78, 5) is 14.3. The van der Waals surface area contributed by atoms with Crippen LogP contribution in [0.3, 0.4) is 0 Å². The van der Waals surface area contributed by atoms with Crippen LogP contribution in [0.2, 0.25) is 0 Å². The number of urea groups is 1. The molecule has 0 saturated carbocycles. The smallest absolute Gasteiger partial charge is 0.317 e. The lowest BCUT2D eigenvalue weighted by molar-refractivity contribution is 0.0426. The van der Waals surface area contributed by atoms with Crippen molar-refractivity contribution in [1.82, 2.24) is 10.2 Å². The molecule has 2 amide bonds. The summed E-state index contributed by atoms with van der Waals surface area (Å²) in [6, 6.07) is 7.84. The van der Waals surface area contributed by atoms with E-state index in [0.29, 0.717) is 19.0 Å². The number of ether oxygens (including phenoxy) is 1. The van der Waals surface area contributed by atoms with Crippen LogP contribution in [0.4, 0.5) is 4.79 Å². The normalized spacial score (nSPS) is 22.3. The first-order chi connectivity index (χ1) is 11.4. The van der Waals surface area contributed by atoms with Crippen LogP contribution >= 0.6 is 0 Å². The van der Waals surface area contributed by atoms with Gasteiger partial charge < -0.3 is 20.1 Å². The number of piperidine rings is 1. The fraction of sp³-hybridized carbons (Fsp3) is 0.632. The molecule has 1 aromatic rings. The van der Waals surface area contributed by atoms with E-state index >= 15 is 0 Å². The maximum Gasteiger partial charge on any atom is 0.317 e. The zero-order valence-electron chi connectivity index (χ0n) is 15.2. The maximum atomic E-state index is 12.6. The number of para-hydroxylation sites is 1. The first-order valence-corrected chi connectivity index (χ1v) is 8.77. The average molecular weight is 334 g/mol. The second kappa shape index (κ2) is 8.38. The predicted octanol–water partition coefficient (Wildman–Crippen LogP) is 2.67. The molecule has 1 aliphatic rings. The van der Waals surface area contributed by atoms with E-state index in [4.69, 9.17) is 4.74 Å². The molecule has 0 aliphatic carbocycles. The van der Waals surface area contributed by atoms with Crippen LogP contribution in [0.25, 0.3) is 0 Å². The molecule has 5 heteroatoms. The highest BCUT2D eigenvalue weighted by Crippen LogP contribution is 2.22. The topological polar surface area (TPSA) is 61.8 Å². The van der Waals surface area contributed by atoms with Crippen LogP contribution in [0.5, 0.6) is 5.75 Å². The van der Waals surface area contributed by atoms with Gasteiger partial charge in [-0.05, 0) is 36.3 Å². The summed E-state index contributed by atoms with van der Waals surface area (Å²) < 4.78 is 5.42. The number of hydrogen-bond donors (Lipinski definition) is 2. The molecule has 1 fully saturated rings. The lowest BCUT2D eigenvalue weighted by atomic mass is 9.95. The van der Waals surface area contributed by atoms with Crippen molar-refractivity contribution in [2.24, 2.45) is 11.8 Å². The Labute approximate surface area is 145 Å². The van der Waals surface area contributed by atoms with Crippen molar-refractivity contribution in [3.05, 3.63) is 29.8 Å². The van der Waals surface area contributed by atoms with Crippen molar-refractivity contribution in [2.75, 3.05) is 20.2 Å². The summed E-state index contributed by atoms with van der Waals surface area (Å²) in [6.45, 7) is 7.34.